The van der Waals surface area contributed by atoms with Gasteiger partial charge < -0.3 is 0 Å². The number of carbonyl (C=O) groups is 1. The Morgan fingerprint density at radius 3 is 2.68 bits per heavy atom. The molecule has 0 spiro atoms. The van der Waals surface area contributed by atoms with Gasteiger partial charge in [0.25, 0.3) is 0 Å². The molecule has 0 bridgehead atoms. The maximum Gasteiger partial charge on any atom is 0.169 e. The second-order valence-electron chi connectivity index (χ2n) is 4.24. The second kappa shape index (κ2) is 6.06. The zero-order valence-electron chi connectivity index (χ0n) is 10.5. The van der Waals surface area contributed by atoms with Gasteiger partial charge in [0, 0.05) is 21.9 Å². The van der Waals surface area contributed by atoms with Crippen LogP contribution in [0.25, 0.3) is 0 Å². The van der Waals surface area contributed by atoms with Crippen LogP contribution in [0.4, 0.5) is 4.39 Å². The quantitative estimate of drug-likeness (QED) is 0.797. The lowest BCUT2D eigenvalue weighted by Gasteiger charge is -2.04. The lowest BCUT2D eigenvalue weighted by Crippen LogP contribution is -2.06. The molecule has 0 fully saturated rings. The van der Waals surface area contributed by atoms with E-state index < -0.39 is 0 Å². The van der Waals surface area contributed by atoms with Crippen LogP contribution in [0, 0.1) is 5.82 Å². The van der Waals surface area contributed by atoms with Crippen LogP contribution in [-0.2, 0) is 12.8 Å². The zero-order chi connectivity index (χ0) is 13.8. The van der Waals surface area contributed by atoms with Crippen LogP contribution in [0.15, 0.2) is 41.0 Å². The number of benzene rings is 1. The van der Waals surface area contributed by atoms with Gasteiger partial charge in [0.15, 0.2) is 5.78 Å². The standard InChI is InChI=1S/C15H13BrFNO/c1-2-10-3-5-12(18-9-10)8-15(19)13-6-4-11(17)7-14(13)16/h3-7,9H,2,8H2,1H3. The van der Waals surface area contributed by atoms with Gasteiger partial charge in [0.2, 0.25) is 0 Å². The molecule has 1 aromatic heterocycles. The number of pyridine rings is 1. The topological polar surface area (TPSA) is 30.0 Å². The molecule has 0 aliphatic heterocycles. The highest BCUT2D eigenvalue weighted by atomic mass is 79.9. The second-order valence-corrected chi connectivity index (χ2v) is 5.09. The van der Waals surface area contributed by atoms with Gasteiger partial charge in [-0.15, -0.1) is 0 Å². The van der Waals surface area contributed by atoms with Crippen molar-refractivity contribution in [1.29, 1.82) is 0 Å². The van der Waals surface area contributed by atoms with Crippen LogP contribution in [-0.4, -0.2) is 10.8 Å². The van der Waals surface area contributed by atoms with Crippen LogP contribution >= 0.6 is 15.9 Å². The average molecular weight is 322 g/mol. The van der Waals surface area contributed by atoms with E-state index in [1.54, 1.807) is 6.20 Å². The molecule has 2 nitrogen and oxygen atoms in total. The van der Waals surface area contributed by atoms with Crippen LogP contribution in [0.3, 0.4) is 0 Å². The van der Waals surface area contributed by atoms with Crippen LogP contribution in [0.5, 0.6) is 0 Å². The molecular weight excluding hydrogens is 309 g/mol. The molecule has 2 aromatic rings. The molecule has 0 unspecified atom stereocenters. The molecule has 2 rings (SSSR count). The number of rotatable bonds is 4. The van der Waals surface area contributed by atoms with Crippen molar-refractivity contribution < 1.29 is 9.18 Å². The number of nitrogens with zero attached hydrogens (tertiary/aromatic N) is 1. The van der Waals surface area contributed by atoms with Gasteiger partial charge in [-0.1, -0.05) is 13.0 Å². The molecule has 0 amide bonds. The molecule has 1 heterocycles. The Kier molecular flexibility index (Phi) is 4.43. The Labute approximate surface area is 119 Å². The minimum atomic E-state index is -0.367. The van der Waals surface area contributed by atoms with Crippen molar-refractivity contribution in [3.05, 3.63) is 63.6 Å². The number of carbonyl (C=O) groups excluding carboxylic acids is 1. The summed E-state index contributed by atoms with van der Waals surface area (Å²) >= 11 is 3.20. The van der Waals surface area contributed by atoms with E-state index in [4.69, 9.17) is 0 Å². The van der Waals surface area contributed by atoms with Crippen molar-refractivity contribution in [3.63, 3.8) is 0 Å². The summed E-state index contributed by atoms with van der Waals surface area (Å²) in [5.41, 5.74) is 2.33. The summed E-state index contributed by atoms with van der Waals surface area (Å²) in [7, 11) is 0. The van der Waals surface area contributed by atoms with E-state index in [2.05, 4.69) is 27.8 Å². The first-order valence-electron chi connectivity index (χ1n) is 6.02. The summed E-state index contributed by atoms with van der Waals surface area (Å²) in [4.78, 5) is 16.4. The Hall–Kier alpha value is -1.55. The van der Waals surface area contributed by atoms with Crippen LogP contribution in [0.2, 0.25) is 0 Å². The first-order chi connectivity index (χ1) is 9.10. The molecule has 98 valence electrons. The molecule has 1 aromatic carbocycles. The van der Waals surface area contributed by atoms with Crippen molar-refractivity contribution in [2.75, 3.05) is 0 Å². The number of Topliss-reactive ketones (excluding diaryl/α,β-unsaturated/α-hetero) is 1. The fourth-order valence-electron chi connectivity index (χ4n) is 1.74. The van der Waals surface area contributed by atoms with Crippen molar-refractivity contribution in [2.24, 2.45) is 0 Å². The molecule has 0 saturated heterocycles. The Morgan fingerprint density at radius 2 is 2.11 bits per heavy atom. The summed E-state index contributed by atoms with van der Waals surface area (Å²) in [6.45, 7) is 2.05. The molecule has 0 aliphatic rings. The van der Waals surface area contributed by atoms with Gasteiger partial charge >= 0.3 is 0 Å². The highest BCUT2D eigenvalue weighted by Crippen LogP contribution is 2.19. The zero-order valence-corrected chi connectivity index (χ0v) is 12.1. The van der Waals surface area contributed by atoms with E-state index in [1.807, 2.05) is 12.1 Å². The number of hydrogen-bond acceptors (Lipinski definition) is 2. The highest BCUT2D eigenvalue weighted by molar-refractivity contribution is 9.10. The minimum Gasteiger partial charge on any atom is -0.294 e. The molecule has 0 aliphatic carbocycles. The van der Waals surface area contributed by atoms with Gasteiger partial charge in [0.1, 0.15) is 5.82 Å². The van der Waals surface area contributed by atoms with Crippen LogP contribution in [0.1, 0.15) is 28.5 Å². The number of aryl methyl sites for hydroxylation is 1. The van der Waals surface area contributed by atoms with E-state index in [-0.39, 0.29) is 18.0 Å². The third kappa shape index (κ3) is 3.47. The summed E-state index contributed by atoms with van der Waals surface area (Å²) in [5, 5.41) is 0. The molecule has 4 heteroatoms. The average Bonchev–Trinajstić information content (AvgIpc) is 2.39. The van der Waals surface area contributed by atoms with E-state index in [1.165, 1.54) is 18.2 Å². The van der Waals surface area contributed by atoms with E-state index >= 15 is 0 Å². The predicted molar refractivity (Wildman–Crippen MR) is 75.7 cm³/mol. The Balaban J connectivity index is 2.15. The van der Waals surface area contributed by atoms with Gasteiger partial charge in [-0.2, -0.15) is 0 Å². The van der Waals surface area contributed by atoms with Crippen LogP contribution < -0.4 is 0 Å². The third-order valence-electron chi connectivity index (χ3n) is 2.87. The van der Waals surface area contributed by atoms with E-state index in [9.17, 15) is 9.18 Å². The summed E-state index contributed by atoms with van der Waals surface area (Å²) in [5.74, 6) is -0.447. The van der Waals surface area contributed by atoms with Crippen molar-refractivity contribution in [1.82, 2.24) is 4.98 Å². The van der Waals surface area contributed by atoms with Gasteiger partial charge in [-0.05, 0) is 52.2 Å². The van der Waals surface area contributed by atoms with Crippen molar-refractivity contribution in [3.8, 4) is 0 Å². The first-order valence-corrected chi connectivity index (χ1v) is 6.81. The monoisotopic (exact) mass is 321 g/mol. The highest BCUT2D eigenvalue weighted by Gasteiger charge is 2.12. The van der Waals surface area contributed by atoms with Gasteiger partial charge in [-0.3, -0.25) is 9.78 Å². The van der Waals surface area contributed by atoms with Crippen molar-refractivity contribution >= 4 is 21.7 Å². The summed E-state index contributed by atoms with van der Waals surface area (Å²) in [6, 6.07) is 7.89. The fourth-order valence-corrected chi connectivity index (χ4v) is 2.32. The Bertz CT molecular complexity index is 596. The molecule has 0 saturated carbocycles. The summed E-state index contributed by atoms with van der Waals surface area (Å²) in [6.07, 6.45) is 2.92. The number of aromatic nitrogens is 1. The molecule has 0 radical (unpaired) electrons. The normalized spacial score (nSPS) is 10.5. The number of ketones is 1. The Morgan fingerprint density at radius 1 is 1.32 bits per heavy atom. The third-order valence-corrected chi connectivity index (χ3v) is 3.52. The fraction of sp³-hybridized carbons (Fsp3) is 0.200. The van der Waals surface area contributed by atoms with E-state index in [0.29, 0.717) is 10.0 Å². The molecule has 19 heavy (non-hydrogen) atoms. The largest absolute Gasteiger partial charge is 0.294 e. The minimum absolute atomic E-state index is 0.0800. The molecular formula is C15H13BrFNO. The van der Waals surface area contributed by atoms with Gasteiger partial charge in [-0.25, -0.2) is 4.39 Å². The maximum atomic E-state index is 13.0. The SMILES string of the molecule is CCc1ccc(CC(=O)c2ccc(F)cc2Br)nc1. The smallest absolute Gasteiger partial charge is 0.169 e. The predicted octanol–water partition coefficient (Wildman–Crippen LogP) is 3.97. The molecule has 0 N–H and O–H groups in total. The lowest BCUT2D eigenvalue weighted by atomic mass is 10.1. The summed E-state index contributed by atoms with van der Waals surface area (Å²) < 4.78 is 13.4. The number of halogens is 2. The molecule has 0 atom stereocenters. The number of hydrogen-bond donors (Lipinski definition) is 0. The first kappa shape index (κ1) is 13.9. The van der Waals surface area contributed by atoms with Crippen molar-refractivity contribution in [2.45, 2.75) is 19.8 Å². The van der Waals surface area contributed by atoms with E-state index in [0.717, 1.165) is 17.7 Å². The maximum absolute atomic E-state index is 13.0. The lowest BCUT2D eigenvalue weighted by molar-refractivity contribution is 0.0991. The van der Waals surface area contributed by atoms with Gasteiger partial charge in [0.05, 0.1) is 6.42 Å².